The van der Waals surface area contributed by atoms with Crippen molar-refractivity contribution < 1.29 is 14.3 Å². The summed E-state index contributed by atoms with van der Waals surface area (Å²) in [5, 5.41) is 17.0. The van der Waals surface area contributed by atoms with Crippen LogP contribution >= 0.6 is 0 Å². The second-order valence-electron chi connectivity index (χ2n) is 6.01. The van der Waals surface area contributed by atoms with Crippen molar-refractivity contribution in [1.82, 2.24) is 20.6 Å². The van der Waals surface area contributed by atoms with E-state index in [1.807, 2.05) is 37.3 Å². The zero-order valence-electron chi connectivity index (χ0n) is 15.4. The van der Waals surface area contributed by atoms with Crippen molar-refractivity contribution in [3.63, 3.8) is 0 Å². The molecule has 1 atom stereocenters. The molecule has 0 bridgehead atoms. The number of nitrogens with zero attached hydrogens (tertiary/aromatic N) is 3. The molecular weight excluding hydrogens is 346 g/mol. The van der Waals surface area contributed by atoms with Gasteiger partial charge in [0.15, 0.2) is 5.82 Å². The third-order valence-electron chi connectivity index (χ3n) is 4.30. The normalized spacial score (nSPS) is 11.7. The standard InChI is InChI=1S/C19H21N5O3/c1-12-6-4-5-7-16(12)20-19(25)15(18-21-23-24-22-18)11-13-10-14(26-2)8-9-17(13)27-3/h4-10,15H,11H2,1-3H3,(H,20,25)(H,21,22,23,24)/t15-/m1/s1. The predicted octanol–water partition coefficient (Wildman–Crippen LogP) is 2.49. The van der Waals surface area contributed by atoms with Crippen molar-refractivity contribution >= 4 is 11.6 Å². The fourth-order valence-corrected chi connectivity index (χ4v) is 2.81. The first-order valence-corrected chi connectivity index (χ1v) is 8.43. The van der Waals surface area contributed by atoms with Crippen LogP contribution in [0.5, 0.6) is 11.5 Å². The van der Waals surface area contributed by atoms with Gasteiger partial charge in [-0.3, -0.25) is 4.79 Å². The van der Waals surface area contributed by atoms with Crippen LogP contribution in [0.1, 0.15) is 22.9 Å². The Morgan fingerprint density at radius 1 is 1.19 bits per heavy atom. The zero-order chi connectivity index (χ0) is 19.2. The monoisotopic (exact) mass is 367 g/mol. The lowest BCUT2D eigenvalue weighted by Crippen LogP contribution is -2.24. The Balaban J connectivity index is 1.91. The first-order valence-electron chi connectivity index (χ1n) is 8.43. The zero-order valence-corrected chi connectivity index (χ0v) is 15.4. The highest BCUT2D eigenvalue weighted by molar-refractivity contribution is 5.96. The van der Waals surface area contributed by atoms with Gasteiger partial charge in [0.2, 0.25) is 5.91 Å². The third kappa shape index (κ3) is 4.22. The van der Waals surface area contributed by atoms with Gasteiger partial charge in [0, 0.05) is 5.69 Å². The highest BCUT2D eigenvalue weighted by atomic mass is 16.5. The summed E-state index contributed by atoms with van der Waals surface area (Å²) in [5.74, 6) is 0.774. The molecular formula is C19H21N5O3. The van der Waals surface area contributed by atoms with Gasteiger partial charge in [-0.25, -0.2) is 0 Å². The van der Waals surface area contributed by atoms with Crippen molar-refractivity contribution in [2.45, 2.75) is 19.3 Å². The van der Waals surface area contributed by atoms with Crippen LogP contribution in [-0.2, 0) is 11.2 Å². The van der Waals surface area contributed by atoms with Crippen LogP contribution in [0.2, 0.25) is 0 Å². The minimum absolute atomic E-state index is 0.226. The van der Waals surface area contributed by atoms with Crippen LogP contribution in [0.3, 0.4) is 0 Å². The maximum Gasteiger partial charge on any atom is 0.235 e. The molecule has 0 aliphatic carbocycles. The number of ether oxygens (including phenoxy) is 2. The van der Waals surface area contributed by atoms with E-state index < -0.39 is 5.92 Å². The van der Waals surface area contributed by atoms with E-state index in [1.165, 1.54) is 0 Å². The van der Waals surface area contributed by atoms with Gasteiger partial charge in [-0.05, 0) is 48.7 Å². The molecule has 3 rings (SSSR count). The van der Waals surface area contributed by atoms with Crippen molar-refractivity contribution in [3.8, 4) is 11.5 Å². The van der Waals surface area contributed by atoms with E-state index in [-0.39, 0.29) is 5.91 Å². The van der Waals surface area contributed by atoms with Crippen molar-refractivity contribution in [3.05, 3.63) is 59.4 Å². The van der Waals surface area contributed by atoms with Crippen LogP contribution in [0.4, 0.5) is 5.69 Å². The summed E-state index contributed by atoms with van der Waals surface area (Å²) in [4.78, 5) is 13.0. The minimum Gasteiger partial charge on any atom is -0.497 e. The van der Waals surface area contributed by atoms with Crippen LogP contribution in [0, 0.1) is 6.92 Å². The van der Waals surface area contributed by atoms with E-state index in [4.69, 9.17) is 9.47 Å². The lowest BCUT2D eigenvalue weighted by molar-refractivity contribution is -0.117. The Morgan fingerprint density at radius 3 is 2.67 bits per heavy atom. The number of hydrogen-bond donors (Lipinski definition) is 2. The molecule has 0 radical (unpaired) electrons. The van der Waals surface area contributed by atoms with Crippen LogP contribution in [-0.4, -0.2) is 40.8 Å². The highest BCUT2D eigenvalue weighted by Crippen LogP contribution is 2.29. The first-order chi connectivity index (χ1) is 13.1. The van der Waals surface area contributed by atoms with E-state index in [1.54, 1.807) is 26.4 Å². The lowest BCUT2D eigenvalue weighted by atomic mass is 9.96. The number of aryl methyl sites for hydroxylation is 1. The molecule has 140 valence electrons. The van der Waals surface area contributed by atoms with Gasteiger partial charge in [-0.2, -0.15) is 5.21 Å². The van der Waals surface area contributed by atoms with E-state index in [0.717, 1.165) is 16.8 Å². The Bertz CT molecular complexity index is 911. The number of hydrogen-bond acceptors (Lipinski definition) is 6. The summed E-state index contributed by atoms with van der Waals surface area (Å²) in [6.45, 7) is 1.93. The fraction of sp³-hybridized carbons (Fsp3) is 0.263. The smallest absolute Gasteiger partial charge is 0.235 e. The molecule has 0 unspecified atom stereocenters. The van der Waals surface area contributed by atoms with Gasteiger partial charge in [0.05, 0.1) is 14.2 Å². The topological polar surface area (TPSA) is 102 Å². The molecule has 8 nitrogen and oxygen atoms in total. The van der Waals surface area contributed by atoms with Crippen LogP contribution < -0.4 is 14.8 Å². The SMILES string of the molecule is COc1ccc(OC)c(C[C@@H](C(=O)Nc2ccccc2C)c2nn[nH]n2)c1. The first kappa shape index (κ1) is 18.4. The van der Waals surface area contributed by atoms with Crippen molar-refractivity contribution in [2.75, 3.05) is 19.5 Å². The number of benzene rings is 2. The van der Waals surface area contributed by atoms with Gasteiger partial charge in [-0.15, -0.1) is 10.2 Å². The second kappa shape index (κ2) is 8.31. The Morgan fingerprint density at radius 2 is 2.00 bits per heavy atom. The molecule has 0 saturated carbocycles. The number of aromatic nitrogens is 4. The molecule has 3 aromatic rings. The molecule has 0 aliphatic heterocycles. The number of amides is 1. The number of anilines is 1. The molecule has 2 aromatic carbocycles. The molecule has 8 heteroatoms. The minimum atomic E-state index is -0.649. The Hall–Kier alpha value is -3.42. The van der Waals surface area contributed by atoms with Crippen molar-refractivity contribution in [1.29, 1.82) is 0 Å². The fourth-order valence-electron chi connectivity index (χ4n) is 2.81. The molecule has 27 heavy (non-hydrogen) atoms. The number of carbonyl (C=O) groups excluding carboxylic acids is 1. The molecule has 1 aromatic heterocycles. The second-order valence-corrected chi connectivity index (χ2v) is 6.01. The quantitative estimate of drug-likeness (QED) is 0.665. The summed E-state index contributed by atoms with van der Waals surface area (Å²) >= 11 is 0. The van der Waals surface area contributed by atoms with Crippen LogP contribution in [0.25, 0.3) is 0 Å². The highest BCUT2D eigenvalue weighted by Gasteiger charge is 2.27. The molecule has 0 spiro atoms. The van der Waals surface area contributed by atoms with E-state index in [0.29, 0.717) is 23.7 Å². The lowest BCUT2D eigenvalue weighted by Gasteiger charge is -2.17. The molecule has 1 amide bonds. The Kier molecular flexibility index (Phi) is 5.65. The van der Waals surface area contributed by atoms with Gasteiger partial charge in [-0.1, -0.05) is 23.4 Å². The summed E-state index contributed by atoms with van der Waals surface area (Å²) in [6.07, 6.45) is 0.331. The van der Waals surface area contributed by atoms with Gasteiger partial charge in [0.25, 0.3) is 0 Å². The number of nitrogens with one attached hydrogen (secondary N) is 2. The largest absolute Gasteiger partial charge is 0.497 e. The predicted molar refractivity (Wildman–Crippen MR) is 100.0 cm³/mol. The summed E-state index contributed by atoms with van der Waals surface area (Å²) in [7, 11) is 3.18. The number of para-hydroxylation sites is 1. The van der Waals surface area contributed by atoms with E-state index >= 15 is 0 Å². The molecule has 2 N–H and O–H groups in total. The number of H-pyrrole nitrogens is 1. The number of rotatable bonds is 7. The number of aromatic amines is 1. The average molecular weight is 367 g/mol. The van der Waals surface area contributed by atoms with Crippen LogP contribution in [0.15, 0.2) is 42.5 Å². The number of carbonyl (C=O) groups is 1. The number of tetrazole rings is 1. The third-order valence-corrected chi connectivity index (χ3v) is 4.30. The summed E-state index contributed by atoms with van der Waals surface area (Å²) < 4.78 is 10.7. The maximum atomic E-state index is 13.0. The average Bonchev–Trinajstić information content (AvgIpc) is 3.22. The maximum absolute atomic E-state index is 13.0. The van der Waals surface area contributed by atoms with Crippen molar-refractivity contribution in [2.24, 2.45) is 0 Å². The summed E-state index contributed by atoms with van der Waals surface area (Å²) in [5.41, 5.74) is 2.52. The van der Waals surface area contributed by atoms with Gasteiger partial charge >= 0.3 is 0 Å². The molecule has 1 heterocycles. The number of methoxy groups -OCH3 is 2. The van der Waals surface area contributed by atoms with Gasteiger partial charge in [0.1, 0.15) is 17.4 Å². The molecule has 0 saturated heterocycles. The summed E-state index contributed by atoms with van der Waals surface area (Å²) in [6, 6.07) is 13.0. The van der Waals surface area contributed by atoms with E-state index in [2.05, 4.69) is 25.9 Å². The van der Waals surface area contributed by atoms with E-state index in [9.17, 15) is 4.79 Å². The Labute approximate surface area is 156 Å². The molecule has 0 fully saturated rings. The van der Waals surface area contributed by atoms with Gasteiger partial charge < -0.3 is 14.8 Å². The molecule has 0 aliphatic rings.